The summed E-state index contributed by atoms with van der Waals surface area (Å²) in [5, 5.41) is 20.3. The van der Waals surface area contributed by atoms with Crippen LogP contribution < -0.4 is 0 Å². The topological polar surface area (TPSA) is 78.2 Å². The van der Waals surface area contributed by atoms with Gasteiger partial charge < -0.3 is 5.11 Å². The van der Waals surface area contributed by atoms with Crippen molar-refractivity contribution in [2.45, 2.75) is 57.0 Å². The molecule has 2 rings (SSSR count). The van der Waals surface area contributed by atoms with Gasteiger partial charge in [0.25, 0.3) is 0 Å². The van der Waals surface area contributed by atoms with Gasteiger partial charge in [-0.3, -0.25) is 0 Å². The molecule has 1 aliphatic heterocycles. The molecule has 1 heterocycles. The Labute approximate surface area is 109 Å². The fraction of sp³-hybridized carbons (Fsp3) is 0.923. The van der Waals surface area contributed by atoms with Crippen molar-refractivity contribution in [3.8, 4) is 6.07 Å². The van der Waals surface area contributed by atoms with E-state index in [0.29, 0.717) is 12.8 Å². The molecule has 5 heteroatoms. The Bertz CT molecular complexity index is 443. The van der Waals surface area contributed by atoms with E-state index in [9.17, 15) is 18.8 Å². The molecule has 0 spiro atoms. The van der Waals surface area contributed by atoms with E-state index in [2.05, 4.69) is 6.07 Å². The van der Waals surface area contributed by atoms with Gasteiger partial charge in [-0.05, 0) is 19.3 Å². The molecule has 0 aromatic rings. The first-order valence-corrected chi connectivity index (χ1v) is 8.59. The lowest BCUT2D eigenvalue weighted by Crippen LogP contribution is -2.49. The smallest absolute Gasteiger partial charge is 0.153 e. The second kappa shape index (κ2) is 4.82. The Kier molecular flexibility index (Phi) is 3.70. The maximum absolute atomic E-state index is 11.6. The van der Waals surface area contributed by atoms with Crippen LogP contribution in [0.2, 0.25) is 0 Å². The SMILES string of the molecule is N#CC1(C2(O)CCS(=O)(=O)C2)CCCCCCC1. The summed E-state index contributed by atoms with van der Waals surface area (Å²) in [6.07, 6.45) is 6.65. The molecule has 0 aromatic carbocycles. The van der Waals surface area contributed by atoms with Crippen LogP contribution in [0, 0.1) is 16.7 Å². The van der Waals surface area contributed by atoms with Gasteiger partial charge in [-0.1, -0.05) is 32.1 Å². The third-order valence-corrected chi connectivity index (χ3v) is 6.34. The lowest BCUT2D eigenvalue weighted by Gasteiger charge is -2.40. The van der Waals surface area contributed by atoms with E-state index in [0.717, 1.165) is 25.7 Å². The lowest BCUT2D eigenvalue weighted by molar-refractivity contribution is -0.0457. The highest BCUT2D eigenvalue weighted by atomic mass is 32.2. The third-order valence-electron chi connectivity index (χ3n) is 4.60. The van der Waals surface area contributed by atoms with Crippen molar-refractivity contribution in [3.05, 3.63) is 0 Å². The third kappa shape index (κ3) is 2.41. The first-order chi connectivity index (χ1) is 8.43. The second-order valence-electron chi connectivity index (χ2n) is 5.84. The zero-order valence-corrected chi connectivity index (χ0v) is 11.5. The molecule has 0 aromatic heterocycles. The number of sulfone groups is 1. The van der Waals surface area contributed by atoms with E-state index in [-0.39, 0.29) is 17.9 Å². The van der Waals surface area contributed by atoms with Crippen molar-refractivity contribution in [1.29, 1.82) is 5.26 Å². The molecule has 0 radical (unpaired) electrons. The summed E-state index contributed by atoms with van der Waals surface area (Å²) in [6.45, 7) is 0. The van der Waals surface area contributed by atoms with Gasteiger partial charge in [0, 0.05) is 0 Å². The predicted octanol–water partition coefficient (Wildman–Crippen LogP) is 1.79. The van der Waals surface area contributed by atoms with Gasteiger partial charge in [0.2, 0.25) is 0 Å². The van der Waals surface area contributed by atoms with Crippen molar-refractivity contribution >= 4 is 9.84 Å². The molecule has 18 heavy (non-hydrogen) atoms. The van der Waals surface area contributed by atoms with Gasteiger partial charge in [-0.15, -0.1) is 0 Å². The van der Waals surface area contributed by atoms with Crippen molar-refractivity contribution in [1.82, 2.24) is 0 Å². The maximum Gasteiger partial charge on any atom is 0.153 e. The molecule has 1 aliphatic carbocycles. The molecular weight excluding hydrogens is 250 g/mol. The van der Waals surface area contributed by atoms with Crippen molar-refractivity contribution in [2.24, 2.45) is 5.41 Å². The molecule has 0 bridgehead atoms. The molecule has 2 fully saturated rings. The minimum Gasteiger partial charge on any atom is -0.387 e. The molecular formula is C13H21NO3S. The molecule has 1 saturated heterocycles. The van der Waals surface area contributed by atoms with E-state index < -0.39 is 20.9 Å². The van der Waals surface area contributed by atoms with Crippen LogP contribution >= 0.6 is 0 Å². The fourth-order valence-corrected chi connectivity index (χ4v) is 5.34. The zero-order chi connectivity index (χ0) is 13.3. The van der Waals surface area contributed by atoms with E-state index in [1.165, 1.54) is 6.42 Å². The van der Waals surface area contributed by atoms with Crippen LogP contribution in [0.3, 0.4) is 0 Å². The number of nitriles is 1. The summed E-state index contributed by atoms with van der Waals surface area (Å²) in [5.41, 5.74) is -2.17. The molecule has 1 unspecified atom stereocenters. The van der Waals surface area contributed by atoms with Gasteiger partial charge in [0.05, 0.1) is 28.6 Å². The van der Waals surface area contributed by atoms with Gasteiger partial charge in [-0.2, -0.15) is 5.26 Å². The summed E-state index contributed by atoms with van der Waals surface area (Å²) in [5.74, 6) is -0.208. The minimum absolute atomic E-state index is 0.0208. The van der Waals surface area contributed by atoms with Crippen LogP contribution in [0.1, 0.15) is 51.4 Å². The van der Waals surface area contributed by atoms with Gasteiger partial charge in [-0.25, -0.2) is 8.42 Å². The Morgan fingerprint density at radius 3 is 2.00 bits per heavy atom. The number of aliphatic hydroxyl groups is 1. The normalized spacial score (nSPS) is 35.3. The van der Waals surface area contributed by atoms with Gasteiger partial charge in [0.1, 0.15) is 0 Å². The zero-order valence-electron chi connectivity index (χ0n) is 10.7. The van der Waals surface area contributed by atoms with Crippen LogP contribution in [0.25, 0.3) is 0 Å². The van der Waals surface area contributed by atoms with Crippen LogP contribution in [0.4, 0.5) is 0 Å². The average molecular weight is 271 g/mol. The van der Waals surface area contributed by atoms with Gasteiger partial charge >= 0.3 is 0 Å². The van der Waals surface area contributed by atoms with E-state index >= 15 is 0 Å². The Morgan fingerprint density at radius 1 is 1.00 bits per heavy atom. The van der Waals surface area contributed by atoms with Gasteiger partial charge in [0.15, 0.2) is 9.84 Å². The highest BCUT2D eigenvalue weighted by molar-refractivity contribution is 7.91. The summed E-state index contributed by atoms with van der Waals surface area (Å²) >= 11 is 0. The highest BCUT2D eigenvalue weighted by Gasteiger charge is 2.55. The van der Waals surface area contributed by atoms with Crippen molar-refractivity contribution < 1.29 is 13.5 Å². The quantitative estimate of drug-likeness (QED) is 0.788. The minimum atomic E-state index is -3.17. The Balaban J connectivity index is 2.28. The predicted molar refractivity (Wildman–Crippen MR) is 68.6 cm³/mol. The fourth-order valence-electron chi connectivity index (χ4n) is 3.40. The summed E-state index contributed by atoms with van der Waals surface area (Å²) in [6, 6.07) is 2.29. The first-order valence-electron chi connectivity index (χ1n) is 6.77. The lowest BCUT2D eigenvalue weighted by atomic mass is 9.65. The van der Waals surface area contributed by atoms with Crippen LogP contribution in [0.5, 0.6) is 0 Å². The molecule has 1 saturated carbocycles. The van der Waals surface area contributed by atoms with Crippen LogP contribution in [-0.2, 0) is 9.84 Å². The Morgan fingerprint density at radius 2 is 1.56 bits per heavy atom. The number of nitrogens with zero attached hydrogens (tertiary/aromatic N) is 1. The summed E-state index contributed by atoms with van der Waals surface area (Å²) in [7, 11) is -3.17. The monoisotopic (exact) mass is 271 g/mol. The second-order valence-corrected chi connectivity index (χ2v) is 8.02. The molecule has 102 valence electrons. The molecule has 2 aliphatic rings. The van der Waals surface area contributed by atoms with E-state index in [4.69, 9.17) is 0 Å². The largest absolute Gasteiger partial charge is 0.387 e. The van der Waals surface area contributed by atoms with Crippen LogP contribution in [0.15, 0.2) is 0 Å². The number of hydrogen-bond donors (Lipinski definition) is 1. The standard InChI is InChI=1S/C13H21NO3S/c14-10-12(6-4-2-1-3-5-7-12)13(15)8-9-18(16,17)11-13/h15H,1-9,11H2. The maximum atomic E-state index is 11.6. The van der Waals surface area contributed by atoms with E-state index in [1.807, 2.05) is 0 Å². The average Bonchev–Trinajstić information content (AvgIpc) is 2.55. The summed E-state index contributed by atoms with van der Waals surface area (Å²) in [4.78, 5) is 0. The molecule has 0 amide bonds. The summed E-state index contributed by atoms with van der Waals surface area (Å²) < 4.78 is 23.3. The number of hydrogen-bond acceptors (Lipinski definition) is 4. The molecule has 1 atom stereocenters. The molecule has 4 nitrogen and oxygen atoms in total. The van der Waals surface area contributed by atoms with Crippen LogP contribution in [-0.4, -0.2) is 30.6 Å². The first kappa shape index (κ1) is 13.8. The van der Waals surface area contributed by atoms with Crippen molar-refractivity contribution in [2.75, 3.05) is 11.5 Å². The highest BCUT2D eigenvalue weighted by Crippen LogP contribution is 2.47. The molecule has 1 N–H and O–H groups in total. The Hall–Kier alpha value is -0.600. The van der Waals surface area contributed by atoms with Crippen molar-refractivity contribution in [3.63, 3.8) is 0 Å². The van der Waals surface area contributed by atoms with E-state index in [1.54, 1.807) is 0 Å². The number of rotatable bonds is 1.